The van der Waals surface area contributed by atoms with Gasteiger partial charge in [-0.3, -0.25) is 0 Å². The highest BCUT2D eigenvalue weighted by atomic mass is 15.1. The Kier molecular flexibility index (Phi) is 10.6. The zero-order chi connectivity index (χ0) is 47.1. The molecule has 0 aromatic heterocycles. The fourth-order valence-electron chi connectivity index (χ4n) is 10.8. The molecule has 0 fully saturated rings. The predicted molar refractivity (Wildman–Crippen MR) is 304 cm³/mol. The number of fused-ring (bicyclic) bond motifs is 5. The van der Waals surface area contributed by atoms with Crippen molar-refractivity contribution in [2.45, 2.75) is 0 Å². The molecule has 13 aromatic rings. The minimum absolute atomic E-state index is 1.08. The molecule has 332 valence electrons. The third-order valence-corrected chi connectivity index (χ3v) is 14.2. The van der Waals surface area contributed by atoms with Crippen molar-refractivity contribution in [1.29, 1.82) is 0 Å². The molecule has 0 aliphatic carbocycles. The molecule has 13 rings (SSSR count). The third kappa shape index (κ3) is 7.71. The maximum atomic E-state index is 2.44. The van der Waals surface area contributed by atoms with Gasteiger partial charge in [0.25, 0.3) is 0 Å². The second-order valence-corrected chi connectivity index (χ2v) is 18.4. The molecule has 13 aromatic carbocycles. The minimum atomic E-state index is 1.08. The summed E-state index contributed by atoms with van der Waals surface area (Å²) in [5.74, 6) is 0. The predicted octanol–water partition coefficient (Wildman–Crippen LogP) is 19.8. The Morgan fingerprint density at radius 2 is 0.676 bits per heavy atom. The van der Waals surface area contributed by atoms with Crippen LogP contribution in [0.3, 0.4) is 0 Å². The first-order valence-electron chi connectivity index (χ1n) is 24.5. The molecular weight excluding hydrogens is 855 g/mol. The van der Waals surface area contributed by atoms with Gasteiger partial charge in [-0.2, -0.15) is 0 Å². The number of anilines is 3. The highest BCUT2D eigenvalue weighted by molar-refractivity contribution is 6.22. The summed E-state index contributed by atoms with van der Waals surface area (Å²) in [6.45, 7) is 0. The molecule has 0 spiro atoms. The van der Waals surface area contributed by atoms with Crippen LogP contribution in [0.2, 0.25) is 0 Å². The van der Waals surface area contributed by atoms with E-state index in [1.807, 2.05) is 0 Å². The lowest BCUT2D eigenvalue weighted by atomic mass is 9.84. The Hall–Kier alpha value is -9.30. The van der Waals surface area contributed by atoms with E-state index in [2.05, 4.69) is 290 Å². The van der Waals surface area contributed by atoms with Crippen molar-refractivity contribution < 1.29 is 0 Å². The Morgan fingerprint density at radius 1 is 0.197 bits per heavy atom. The van der Waals surface area contributed by atoms with Gasteiger partial charge in [0, 0.05) is 16.9 Å². The van der Waals surface area contributed by atoms with Gasteiger partial charge >= 0.3 is 0 Å². The van der Waals surface area contributed by atoms with Crippen LogP contribution < -0.4 is 4.90 Å². The summed E-state index contributed by atoms with van der Waals surface area (Å²) in [6, 6.07) is 104. The van der Waals surface area contributed by atoms with Crippen molar-refractivity contribution in [2.24, 2.45) is 0 Å². The van der Waals surface area contributed by atoms with Crippen LogP contribution in [0.1, 0.15) is 0 Å². The quantitative estimate of drug-likeness (QED) is 0.131. The van der Waals surface area contributed by atoms with E-state index in [1.165, 1.54) is 98.7 Å². The standard InChI is InChI=1S/C70H47N/c1-3-19-53(20-4-1)69-66-30-12-11-29-64(66)65-44-41-58(47-67(65)70(69)54-21-5-2-6-22-54)63-28-13-14-32-68(63)71(60-26-15-25-57(46-60)62-31-16-24-52-18-9-10-27-61(52)62)59-42-39-50(40-43-59)49-33-35-51(36-34-49)56-38-37-48-17-7-8-23-55(48)45-56/h1-47H. The molecule has 0 bridgehead atoms. The van der Waals surface area contributed by atoms with E-state index in [0.29, 0.717) is 0 Å². The largest absolute Gasteiger partial charge is 0.310 e. The number of hydrogen-bond donors (Lipinski definition) is 0. The van der Waals surface area contributed by atoms with Gasteiger partial charge in [-0.1, -0.05) is 243 Å². The molecule has 0 atom stereocenters. The van der Waals surface area contributed by atoms with Crippen LogP contribution in [0.25, 0.3) is 110 Å². The van der Waals surface area contributed by atoms with E-state index < -0.39 is 0 Å². The Bertz CT molecular complexity index is 4070. The first-order valence-corrected chi connectivity index (χ1v) is 24.5. The van der Waals surface area contributed by atoms with Crippen molar-refractivity contribution >= 4 is 60.2 Å². The highest BCUT2D eigenvalue weighted by Crippen LogP contribution is 2.48. The molecule has 0 saturated carbocycles. The Labute approximate surface area is 414 Å². The Morgan fingerprint density at radius 3 is 1.42 bits per heavy atom. The number of hydrogen-bond acceptors (Lipinski definition) is 1. The van der Waals surface area contributed by atoms with Gasteiger partial charge in [0.1, 0.15) is 0 Å². The topological polar surface area (TPSA) is 3.24 Å². The molecular formula is C70H47N. The monoisotopic (exact) mass is 901 g/mol. The fourth-order valence-corrected chi connectivity index (χ4v) is 10.8. The van der Waals surface area contributed by atoms with Gasteiger partial charge in [-0.05, 0) is 147 Å². The molecule has 0 unspecified atom stereocenters. The molecule has 0 heterocycles. The number of para-hydroxylation sites is 1. The lowest BCUT2D eigenvalue weighted by molar-refractivity contribution is 1.28. The second-order valence-electron chi connectivity index (χ2n) is 18.4. The maximum Gasteiger partial charge on any atom is 0.0540 e. The first-order chi connectivity index (χ1) is 35.2. The SMILES string of the molecule is c1ccc(-c2c(-c3ccccc3)c3cc(-c4ccccc4N(c4ccc(-c5ccc(-c6ccc7ccccc7c6)cc5)cc4)c4cccc(-c5cccc6ccccc56)c4)ccc3c3ccccc23)cc1. The normalized spacial score (nSPS) is 11.4. The molecule has 0 aliphatic rings. The van der Waals surface area contributed by atoms with Crippen LogP contribution in [0, 0.1) is 0 Å². The molecule has 0 amide bonds. The van der Waals surface area contributed by atoms with Crippen molar-refractivity contribution in [3.05, 3.63) is 285 Å². The third-order valence-electron chi connectivity index (χ3n) is 14.2. The van der Waals surface area contributed by atoms with E-state index in [9.17, 15) is 0 Å². The summed E-state index contributed by atoms with van der Waals surface area (Å²) >= 11 is 0. The fraction of sp³-hybridized carbons (Fsp3) is 0. The number of rotatable bonds is 9. The van der Waals surface area contributed by atoms with E-state index in [0.717, 1.165) is 28.2 Å². The summed E-state index contributed by atoms with van der Waals surface area (Å²) in [5, 5.41) is 9.93. The van der Waals surface area contributed by atoms with Crippen LogP contribution in [0.4, 0.5) is 17.1 Å². The van der Waals surface area contributed by atoms with Crippen LogP contribution in [-0.4, -0.2) is 0 Å². The van der Waals surface area contributed by atoms with E-state index in [-0.39, 0.29) is 0 Å². The van der Waals surface area contributed by atoms with Gasteiger partial charge in [-0.15, -0.1) is 0 Å². The first kappa shape index (κ1) is 41.9. The summed E-state index contributed by atoms with van der Waals surface area (Å²) in [6.07, 6.45) is 0. The van der Waals surface area contributed by atoms with Crippen molar-refractivity contribution in [3.63, 3.8) is 0 Å². The van der Waals surface area contributed by atoms with Gasteiger partial charge in [0.15, 0.2) is 0 Å². The molecule has 71 heavy (non-hydrogen) atoms. The van der Waals surface area contributed by atoms with Crippen molar-refractivity contribution in [2.75, 3.05) is 4.90 Å². The maximum absolute atomic E-state index is 2.44. The zero-order valence-electron chi connectivity index (χ0n) is 39.1. The summed E-state index contributed by atoms with van der Waals surface area (Å²) in [4.78, 5) is 2.44. The lowest BCUT2D eigenvalue weighted by Gasteiger charge is -2.29. The Balaban J connectivity index is 0.970. The van der Waals surface area contributed by atoms with Crippen molar-refractivity contribution in [1.82, 2.24) is 0 Å². The smallest absolute Gasteiger partial charge is 0.0540 e. The minimum Gasteiger partial charge on any atom is -0.310 e. The summed E-state index contributed by atoms with van der Waals surface area (Å²) in [7, 11) is 0. The zero-order valence-corrected chi connectivity index (χ0v) is 39.1. The van der Waals surface area contributed by atoms with Crippen LogP contribution in [0.15, 0.2) is 285 Å². The van der Waals surface area contributed by atoms with E-state index >= 15 is 0 Å². The lowest BCUT2D eigenvalue weighted by Crippen LogP contribution is -2.11. The van der Waals surface area contributed by atoms with Gasteiger partial charge in [0.2, 0.25) is 0 Å². The molecule has 1 heteroatoms. The van der Waals surface area contributed by atoms with E-state index in [1.54, 1.807) is 0 Å². The van der Waals surface area contributed by atoms with Crippen LogP contribution in [-0.2, 0) is 0 Å². The summed E-state index contributed by atoms with van der Waals surface area (Å²) in [5.41, 5.74) is 17.6. The average Bonchev–Trinajstić information content (AvgIpc) is 3.45. The van der Waals surface area contributed by atoms with Gasteiger partial charge in [0.05, 0.1) is 5.69 Å². The second kappa shape index (κ2) is 18.0. The van der Waals surface area contributed by atoms with Crippen LogP contribution >= 0.6 is 0 Å². The molecule has 0 radical (unpaired) electrons. The molecule has 0 saturated heterocycles. The van der Waals surface area contributed by atoms with E-state index in [4.69, 9.17) is 0 Å². The molecule has 0 aliphatic heterocycles. The summed E-state index contributed by atoms with van der Waals surface area (Å²) < 4.78 is 0. The highest BCUT2D eigenvalue weighted by Gasteiger charge is 2.22. The molecule has 0 N–H and O–H groups in total. The number of benzene rings is 13. The average molecular weight is 902 g/mol. The molecule has 1 nitrogen and oxygen atoms in total. The van der Waals surface area contributed by atoms with Gasteiger partial charge in [-0.25, -0.2) is 0 Å². The van der Waals surface area contributed by atoms with Crippen LogP contribution in [0.5, 0.6) is 0 Å². The van der Waals surface area contributed by atoms with Gasteiger partial charge < -0.3 is 4.90 Å². The number of nitrogens with zero attached hydrogens (tertiary/aromatic N) is 1. The van der Waals surface area contributed by atoms with Crippen molar-refractivity contribution in [3.8, 4) is 66.8 Å².